The topological polar surface area (TPSA) is 139 Å². The zero-order valence-electron chi connectivity index (χ0n) is 17.4. The Bertz CT molecular complexity index is 922. The van der Waals surface area contributed by atoms with Gasteiger partial charge < -0.3 is 21.1 Å². The van der Waals surface area contributed by atoms with Crippen molar-refractivity contribution in [2.45, 2.75) is 51.1 Å². The van der Waals surface area contributed by atoms with Crippen LogP contribution in [0.5, 0.6) is 0 Å². The van der Waals surface area contributed by atoms with Crippen molar-refractivity contribution in [1.29, 1.82) is 0 Å². The lowest BCUT2D eigenvalue weighted by molar-refractivity contribution is -0.132. The predicted octanol–water partition coefficient (Wildman–Crippen LogP) is 1.95. The van der Waals surface area contributed by atoms with E-state index >= 15 is 0 Å². The molecule has 2 aromatic heterocycles. The highest BCUT2D eigenvalue weighted by Gasteiger charge is 2.61. The van der Waals surface area contributed by atoms with Gasteiger partial charge in [0, 0.05) is 42.2 Å². The van der Waals surface area contributed by atoms with Crippen LogP contribution in [0.2, 0.25) is 0 Å². The molecule has 4 rings (SSSR count). The molecule has 2 aliphatic rings. The zero-order chi connectivity index (χ0) is 22.4. The Balaban J connectivity index is 0.000000858. The lowest BCUT2D eigenvalue weighted by atomic mass is 9.70. The van der Waals surface area contributed by atoms with E-state index in [-0.39, 0.29) is 30.4 Å². The molecule has 10 heteroatoms. The first kappa shape index (κ1) is 22.7. The van der Waals surface area contributed by atoms with Gasteiger partial charge in [0.2, 0.25) is 5.91 Å². The number of rotatable bonds is 6. The molecule has 0 spiro atoms. The average molecular weight is 446 g/mol. The van der Waals surface area contributed by atoms with Gasteiger partial charge >= 0.3 is 0 Å². The number of carboxylic acid groups (broad SMARTS) is 1. The van der Waals surface area contributed by atoms with Gasteiger partial charge in [0.25, 0.3) is 12.4 Å². The molecule has 2 bridgehead atoms. The van der Waals surface area contributed by atoms with E-state index in [2.05, 4.69) is 15.3 Å². The second-order valence-electron chi connectivity index (χ2n) is 7.81. The maximum absolute atomic E-state index is 13.3. The molecule has 4 N–H and O–H groups in total. The highest BCUT2D eigenvalue weighted by Crippen LogP contribution is 2.52. The maximum Gasteiger partial charge on any atom is 0.290 e. The number of nitrogens with two attached hydrogens (primary N) is 1. The van der Waals surface area contributed by atoms with Crippen molar-refractivity contribution in [1.82, 2.24) is 20.2 Å². The van der Waals surface area contributed by atoms with Crippen LogP contribution >= 0.6 is 11.3 Å². The third-order valence-electron chi connectivity index (χ3n) is 5.97. The molecule has 0 saturated carbocycles. The van der Waals surface area contributed by atoms with Gasteiger partial charge in [-0.05, 0) is 37.8 Å². The molecule has 0 radical (unpaired) electrons. The van der Waals surface area contributed by atoms with Crippen molar-refractivity contribution >= 4 is 35.4 Å². The molecule has 2 aromatic rings. The molecular formula is C21H27N5O4S. The van der Waals surface area contributed by atoms with Crippen molar-refractivity contribution in [2.24, 2.45) is 5.41 Å². The third kappa shape index (κ3) is 4.53. The molecule has 0 aromatic carbocycles. The number of nitrogen functional groups attached to an aromatic ring is 1. The Morgan fingerprint density at radius 1 is 1.42 bits per heavy atom. The van der Waals surface area contributed by atoms with Crippen LogP contribution in [-0.2, 0) is 16.0 Å². The Labute approximate surface area is 184 Å². The minimum atomic E-state index is -0.625. The molecular weight excluding hydrogens is 418 g/mol. The molecule has 0 unspecified atom stereocenters. The molecule has 0 aliphatic carbocycles. The molecule has 3 atom stereocenters. The fraction of sp³-hybridized carbons (Fsp3) is 0.476. The minimum absolute atomic E-state index is 0.0431. The maximum atomic E-state index is 13.3. The number of amides is 2. The largest absolute Gasteiger partial charge is 0.483 e. The number of hydrogen-bond acceptors (Lipinski definition) is 7. The molecule has 166 valence electrons. The van der Waals surface area contributed by atoms with Gasteiger partial charge in [-0.3, -0.25) is 14.4 Å². The number of aromatic nitrogens is 2. The summed E-state index contributed by atoms with van der Waals surface area (Å²) in [5.41, 5.74) is 8.39. The van der Waals surface area contributed by atoms with E-state index in [1.165, 1.54) is 11.3 Å². The lowest BCUT2D eigenvalue weighted by Gasteiger charge is -2.35. The molecule has 2 saturated heterocycles. The SMILES string of the molecule is CCCNC(=O)[C@@]1(Cc2cscn2)C[C@H]2CC[C@@H]1N2C(=O)c1ccnc(N)c1.O=CO. The normalized spacial score (nSPS) is 23.7. The highest BCUT2D eigenvalue weighted by molar-refractivity contribution is 7.07. The summed E-state index contributed by atoms with van der Waals surface area (Å²) < 4.78 is 0. The summed E-state index contributed by atoms with van der Waals surface area (Å²) in [5, 5.41) is 12.0. The summed E-state index contributed by atoms with van der Waals surface area (Å²) in [6.07, 6.45) is 5.44. The van der Waals surface area contributed by atoms with Gasteiger partial charge in [-0.25, -0.2) is 9.97 Å². The van der Waals surface area contributed by atoms with Gasteiger partial charge in [-0.15, -0.1) is 11.3 Å². The molecule has 9 nitrogen and oxygen atoms in total. The smallest absolute Gasteiger partial charge is 0.290 e. The van der Waals surface area contributed by atoms with E-state index in [1.54, 1.807) is 23.8 Å². The third-order valence-corrected chi connectivity index (χ3v) is 6.61. The molecule has 4 heterocycles. The van der Waals surface area contributed by atoms with E-state index in [4.69, 9.17) is 15.6 Å². The quantitative estimate of drug-likeness (QED) is 0.578. The molecule has 31 heavy (non-hydrogen) atoms. The van der Waals surface area contributed by atoms with Crippen molar-refractivity contribution in [3.8, 4) is 0 Å². The number of carbonyl (C=O) groups is 3. The van der Waals surface area contributed by atoms with E-state index in [1.807, 2.05) is 17.2 Å². The number of nitrogens with one attached hydrogen (secondary N) is 1. The first-order valence-electron chi connectivity index (χ1n) is 10.2. The highest BCUT2D eigenvalue weighted by atomic mass is 32.1. The van der Waals surface area contributed by atoms with E-state index in [9.17, 15) is 9.59 Å². The Kier molecular flexibility index (Phi) is 7.21. The van der Waals surface area contributed by atoms with Crippen LogP contribution in [0.15, 0.2) is 29.2 Å². The summed E-state index contributed by atoms with van der Waals surface area (Å²) >= 11 is 1.53. The fourth-order valence-electron chi connectivity index (χ4n) is 4.80. The van der Waals surface area contributed by atoms with Crippen LogP contribution in [0.1, 0.15) is 48.7 Å². The second kappa shape index (κ2) is 9.86. The van der Waals surface area contributed by atoms with Crippen molar-refractivity contribution in [3.05, 3.63) is 40.5 Å². The van der Waals surface area contributed by atoms with Gasteiger partial charge in [0.15, 0.2) is 0 Å². The first-order chi connectivity index (χ1) is 15.0. The number of pyridine rings is 1. The monoisotopic (exact) mass is 445 g/mol. The van der Waals surface area contributed by atoms with Crippen molar-refractivity contribution in [2.75, 3.05) is 12.3 Å². The van der Waals surface area contributed by atoms with Crippen LogP contribution < -0.4 is 11.1 Å². The Hall–Kier alpha value is -3.01. The molecule has 2 amide bonds. The molecule has 2 aliphatic heterocycles. The van der Waals surface area contributed by atoms with Crippen LogP contribution in [0.25, 0.3) is 0 Å². The van der Waals surface area contributed by atoms with Gasteiger partial charge in [0.1, 0.15) is 5.82 Å². The fourth-order valence-corrected chi connectivity index (χ4v) is 5.36. The van der Waals surface area contributed by atoms with Crippen molar-refractivity contribution < 1.29 is 19.5 Å². The summed E-state index contributed by atoms with van der Waals surface area (Å²) in [7, 11) is 0. The minimum Gasteiger partial charge on any atom is -0.483 e. The molecule has 2 fully saturated rings. The van der Waals surface area contributed by atoms with Crippen LogP contribution in [0, 0.1) is 5.41 Å². The van der Waals surface area contributed by atoms with Gasteiger partial charge in [-0.1, -0.05) is 6.92 Å². The summed E-state index contributed by atoms with van der Waals surface area (Å²) in [5.74, 6) is 0.304. The van der Waals surface area contributed by atoms with E-state index in [0.29, 0.717) is 30.8 Å². The summed E-state index contributed by atoms with van der Waals surface area (Å²) in [4.78, 5) is 45.3. The van der Waals surface area contributed by atoms with Crippen LogP contribution in [0.3, 0.4) is 0 Å². The van der Waals surface area contributed by atoms with Gasteiger partial charge in [-0.2, -0.15) is 0 Å². The lowest BCUT2D eigenvalue weighted by Crippen LogP contribution is -2.51. The van der Waals surface area contributed by atoms with Crippen molar-refractivity contribution in [3.63, 3.8) is 0 Å². The number of hydrogen-bond donors (Lipinski definition) is 3. The number of fused-ring (bicyclic) bond motifs is 2. The summed E-state index contributed by atoms with van der Waals surface area (Å²) in [6.45, 7) is 2.43. The number of nitrogens with zero attached hydrogens (tertiary/aromatic N) is 3. The predicted molar refractivity (Wildman–Crippen MR) is 116 cm³/mol. The number of thiazole rings is 1. The average Bonchev–Trinajstić information content (AvgIpc) is 3.48. The van der Waals surface area contributed by atoms with E-state index in [0.717, 1.165) is 25.0 Å². The summed E-state index contributed by atoms with van der Waals surface area (Å²) in [6, 6.07) is 3.24. The second-order valence-corrected chi connectivity index (χ2v) is 8.53. The van der Waals surface area contributed by atoms with Crippen LogP contribution in [-0.4, -0.2) is 56.9 Å². The Morgan fingerprint density at radius 2 is 2.19 bits per heavy atom. The zero-order valence-corrected chi connectivity index (χ0v) is 18.2. The van der Waals surface area contributed by atoms with Gasteiger partial charge in [0.05, 0.1) is 16.6 Å². The Morgan fingerprint density at radius 3 is 2.84 bits per heavy atom. The standard InChI is InChI=1S/C20H25N5O2S.CH2O2/c1-2-6-23-19(27)20(9-14-11-28-12-24-14)10-15-3-4-16(20)25(15)18(26)13-5-7-22-17(21)8-13;2-1-3/h5,7-8,11-12,15-16H,2-4,6,9-10H2,1H3,(H2,21,22)(H,23,27);1H,(H,2,3)/t15-,16+,20+;/m1./s1. The first-order valence-corrected chi connectivity index (χ1v) is 11.2. The van der Waals surface area contributed by atoms with Crippen LogP contribution in [0.4, 0.5) is 5.82 Å². The van der Waals surface area contributed by atoms with E-state index < -0.39 is 5.41 Å². The number of carbonyl (C=O) groups excluding carboxylic acids is 2. The number of anilines is 1.